The molecule has 1 unspecified atom stereocenters. The van der Waals surface area contributed by atoms with Crippen LogP contribution in [-0.2, 0) is 6.42 Å². The van der Waals surface area contributed by atoms with Gasteiger partial charge in [0.2, 0.25) is 0 Å². The molecule has 0 bridgehead atoms. The van der Waals surface area contributed by atoms with Gasteiger partial charge in [-0.25, -0.2) is 4.79 Å². The SMILES string of the molecule is CC(C)[Si](C(C)C)(C(C)C)n1ccc2cc(C(=O)C3(Cc4ccccc4)CCCN3C(=O)O)ccc21. The van der Waals surface area contributed by atoms with Crippen molar-refractivity contribution in [2.24, 2.45) is 0 Å². The first-order valence-corrected chi connectivity index (χ1v) is 15.4. The molecule has 1 amide bonds. The highest BCUT2D eigenvalue weighted by Gasteiger charge is 2.50. The molecule has 2 heterocycles. The molecule has 0 spiro atoms. The molecule has 1 aliphatic rings. The minimum atomic E-state index is -1.93. The molecule has 1 aliphatic heterocycles. The Morgan fingerprint density at radius 1 is 0.944 bits per heavy atom. The highest BCUT2D eigenvalue weighted by atomic mass is 28.3. The van der Waals surface area contributed by atoms with Crippen LogP contribution in [0.25, 0.3) is 10.9 Å². The lowest BCUT2D eigenvalue weighted by Crippen LogP contribution is -2.54. The zero-order valence-electron chi connectivity index (χ0n) is 22.5. The Labute approximate surface area is 216 Å². The van der Waals surface area contributed by atoms with E-state index in [1.165, 1.54) is 10.4 Å². The van der Waals surface area contributed by atoms with Gasteiger partial charge in [0, 0.05) is 24.0 Å². The van der Waals surface area contributed by atoms with Crippen molar-refractivity contribution in [3.05, 3.63) is 71.9 Å². The summed E-state index contributed by atoms with van der Waals surface area (Å²) in [5.74, 6) is -0.0963. The molecule has 0 radical (unpaired) electrons. The van der Waals surface area contributed by atoms with E-state index >= 15 is 0 Å². The quantitative estimate of drug-likeness (QED) is 0.254. The fourth-order valence-electron chi connectivity index (χ4n) is 7.32. The maximum atomic E-state index is 14.2. The third kappa shape index (κ3) is 4.09. The molecule has 3 aromatic rings. The monoisotopic (exact) mass is 504 g/mol. The largest absolute Gasteiger partial charge is 0.465 e. The molecule has 1 N–H and O–H groups in total. The predicted octanol–water partition coefficient (Wildman–Crippen LogP) is 7.60. The number of Topliss-reactive ketones (excluding diaryl/α,β-unsaturated/α-hetero) is 1. The van der Waals surface area contributed by atoms with Gasteiger partial charge in [0.05, 0.1) is 0 Å². The van der Waals surface area contributed by atoms with Crippen molar-refractivity contribution in [2.45, 2.75) is 83.0 Å². The smallest absolute Gasteiger partial charge is 0.408 e. The number of hydrogen-bond donors (Lipinski definition) is 1. The second-order valence-electron chi connectivity index (χ2n) is 11.4. The highest BCUT2D eigenvalue weighted by Crippen LogP contribution is 2.44. The molecule has 1 saturated heterocycles. The molecule has 2 aromatic carbocycles. The van der Waals surface area contributed by atoms with E-state index < -0.39 is 19.9 Å². The van der Waals surface area contributed by atoms with Crippen molar-refractivity contribution in [3.8, 4) is 0 Å². The van der Waals surface area contributed by atoms with Crippen molar-refractivity contribution < 1.29 is 14.7 Å². The van der Waals surface area contributed by atoms with Crippen LogP contribution in [0.2, 0.25) is 16.6 Å². The first-order valence-electron chi connectivity index (χ1n) is 13.3. The molecule has 4 rings (SSSR count). The van der Waals surface area contributed by atoms with Gasteiger partial charge in [-0.1, -0.05) is 71.9 Å². The number of carboxylic acid groups (broad SMARTS) is 1. The summed E-state index contributed by atoms with van der Waals surface area (Å²) >= 11 is 0. The molecule has 6 heteroatoms. The van der Waals surface area contributed by atoms with E-state index in [4.69, 9.17) is 0 Å². The van der Waals surface area contributed by atoms with Crippen LogP contribution in [0.15, 0.2) is 60.8 Å². The standard InChI is InChI=1S/C30H40N2O3Si/c1-21(2)36(22(3)4,23(5)6)32-18-15-25-19-26(13-14-27(25)32)28(33)30(16-10-17-31(30)29(34)35)20-24-11-8-7-9-12-24/h7-9,11-15,18-19,21-23H,10,16-17,20H2,1-6H3,(H,34,35). The summed E-state index contributed by atoms with van der Waals surface area (Å²) in [6.45, 7) is 14.5. The van der Waals surface area contributed by atoms with Crippen LogP contribution in [0.4, 0.5) is 4.79 Å². The third-order valence-electron chi connectivity index (χ3n) is 8.63. The van der Waals surface area contributed by atoms with Gasteiger partial charge in [-0.2, -0.15) is 0 Å². The number of amides is 1. The summed E-state index contributed by atoms with van der Waals surface area (Å²) < 4.78 is 2.55. The van der Waals surface area contributed by atoms with Crippen LogP contribution in [0.5, 0.6) is 0 Å². The fourth-order valence-corrected chi connectivity index (χ4v) is 13.9. The molecule has 0 saturated carbocycles. The maximum absolute atomic E-state index is 14.2. The number of likely N-dealkylation sites (tertiary alicyclic amines) is 1. The van der Waals surface area contributed by atoms with Crippen molar-refractivity contribution in [2.75, 3.05) is 6.54 Å². The predicted molar refractivity (Wildman–Crippen MR) is 150 cm³/mol. The summed E-state index contributed by atoms with van der Waals surface area (Å²) in [5.41, 5.74) is 3.36. The van der Waals surface area contributed by atoms with E-state index in [1.807, 2.05) is 42.5 Å². The summed E-state index contributed by atoms with van der Waals surface area (Å²) in [6.07, 6.45) is 2.82. The Morgan fingerprint density at radius 3 is 2.17 bits per heavy atom. The highest BCUT2D eigenvalue weighted by molar-refractivity contribution is 6.82. The van der Waals surface area contributed by atoms with Crippen molar-refractivity contribution in [1.82, 2.24) is 9.13 Å². The lowest BCUT2D eigenvalue weighted by molar-refractivity contribution is 0.0640. The molecule has 0 aliphatic carbocycles. The van der Waals surface area contributed by atoms with Gasteiger partial charge < -0.3 is 9.34 Å². The van der Waals surface area contributed by atoms with E-state index in [0.717, 1.165) is 10.9 Å². The normalized spacial score (nSPS) is 18.6. The average Bonchev–Trinajstić information content (AvgIpc) is 3.44. The second-order valence-corrected chi connectivity index (χ2v) is 17.1. The topological polar surface area (TPSA) is 62.5 Å². The number of fused-ring (bicyclic) bond motifs is 1. The van der Waals surface area contributed by atoms with Gasteiger partial charge in [-0.05, 0) is 70.9 Å². The summed E-state index contributed by atoms with van der Waals surface area (Å²) in [7, 11) is -1.93. The van der Waals surface area contributed by atoms with Gasteiger partial charge in [-0.15, -0.1) is 0 Å². The minimum Gasteiger partial charge on any atom is -0.465 e. The Balaban J connectivity index is 1.80. The number of carbonyl (C=O) groups is 2. The van der Waals surface area contributed by atoms with Gasteiger partial charge in [-0.3, -0.25) is 9.69 Å². The third-order valence-corrected chi connectivity index (χ3v) is 15.4. The van der Waals surface area contributed by atoms with Crippen LogP contribution in [0, 0.1) is 0 Å². The number of carbonyl (C=O) groups excluding carboxylic acids is 1. The van der Waals surface area contributed by atoms with E-state index in [-0.39, 0.29) is 5.78 Å². The summed E-state index contributed by atoms with van der Waals surface area (Å²) in [5, 5.41) is 11.1. The van der Waals surface area contributed by atoms with E-state index in [9.17, 15) is 14.7 Å². The molecule has 1 fully saturated rings. The van der Waals surface area contributed by atoms with Crippen LogP contribution in [0.1, 0.15) is 70.3 Å². The maximum Gasteiger partial charge on any atom is 0.408 e. The van der Waals surface area contributed by atoms with Gasteiger partial charge in [0.25, 0.3) is 0 Å². The molecular weight excluding hydrogens is 464 g/mol. The molecule has 1 aromatic heterocycles. The Hall–Kier alpha value is -2.86. The molecule has 5 nitrogen and oxygen atoms in total. The van der Waals surface area contributed by atoms with Crippen LogP contribution in [-0.4, -0.2) is 46.4 Å². The van der Waals surface area contributed by atoms with Crippen LogP contribution in [0.3, 0.4) is 0 Å². The number of ketones is 1. The second kappa shape index (κ2) is 9.89. The summed E-state index contributed by atoms with van der Waals surface area (Å²) in [4.78, 5) is 27.8. The number of hydrogen-bond acceptors (Lipinski definition) is 2. The molecular formula is C30H40N2O3Si. The number of aromatic nitrogens is 1. The minimum absolute atomic E-state index is 0.0963. The molecule has 1 atom stereocenters. The Kier molecular flexibility index (Phi) is 7.20. The first-order chi connectivity index (χ1) is 17.1. The van der Waals surface area contributed by atoms with Crippen molar-refractivity contribution in [3.63, 3.8) is 0 Å². The van der Waals surface area contributed by atoms with E-state index in [1.54, 1.807) is 0 Å². The average molecular weight is 505 g/mol. The fraction of sp³-hybridized carbons (Fsp3) is 0.467. The lowest BCUT2D eigenvalue weighted by atomic mass is 9.81. The molecule has 192 valence electrons. The van der Waals surface area contributed by atoms with E-state index in [0.29, 0.717) is 48.0 Å². The van der Waals surface area contributed by atoms with E-state index in [2.05, 4.69) is 64.1 Å². The van der Waals surface area contributed by atoms with Gasteiger partial charge in [0.15, 0.2) is 14.0 Å². The Morgan fingerprint density at radius 2 is 1.58 bits per heavy atom. The number of nitrogens with zero attached hydrogens (tertiary/aromatic N) is 2. The first kappa shape index (κ1) is 26.2. The van der Waals surface area contributed by atoms with Crippen molar-refractivity contribution in [1.29, 1.82) is 0 Å². The zero-order chi connectivity index (χ0) is 26.3. The van der Waals surface area contributed by atoms with Gasteiger partial charge >= 0.3 is 6.09 Å². The van der Waals surface area contributed by atoms with Gasteiger partial charge in [0.1, 0.15) is 5.54 Å². The summed E-state index contributed by atoms with van der Waals surface area (Å²) in [6, 6.07) is 17.9. The number of rotatable bonds is 8. The lowest BCUT2D eigenvalue weighted by Gasteiger charge is -2.44. The van der Waals surface area contributed by atoms with Crippen LogP contribution >= 0.6 is 0 Å². The molecule has 36 heavy (non-hydrogen) atoms. The number of benzene rings is 2. The Bertz CT molecular complexity index is 1230. The van der Waals surface area contributed by atoms with Crippen LogP contribution < -0.4 is 0 Å². The zero-order valence-corrected chi connectivity index (χ0v) is 23.5. The van der Waals surface area contributed by atoms with Crippen molar-refractivity contribution >= 4 is 31.0 Å².